The second-order valence-corrected chi connectivity index (χ2v) is 19.2. The zero-order chi connectivity index (χ0) is 30.3. The number of hydrogen-bond acceptors (Lipinski definition) is 7. The number of piperidine rings is 1. The molecule has 41 heavy (non-hydrogen) atoms. The van der Waals surface area contributed by atoms with Gasteiger partial charge in [0.25, 0.3) is 13.9 Å². The molecule has 0 radical (unpaired) electrons. The van der Waals surface area contributed by atoms with Crippen molar-refractivity contribution in [3.05, 3.63) is 34.6 Å². The molecule has 10 heteroatoms. The summed E-state index contributed by atoms with van der Waals surface area (Å²) >= 11 is 0. The van der Waals surface area contributed by atoms with Gasteiger partial charge in [-0.05, 0) is 75.4 Å². The van der Waals surface area contributed by atoms with E-state index in [4.69, 9.17) is 13.9 Å². The Labute approximate surface area is 245 Å². The van der Waals surface area contributed by atoms with Gasteiger partial charge < -0.3 is 19.2 Å². The molecule has 0 unspecified atom stereocenters. The molecule has 4 rings (SSSR count). The van der Waals surface area contributed by atoms with Crippen LogP contribution in [0.5, 0.6) is 11.5 Å². The lowest BCUT2D eigenvalue weighted by Crippen LogP contribution is -2.58. The van der Waals surface area contributed by atoms with Crippen molar-refractivity contribution in [1.82, 2.24) is 25.3 Å². The maximum Gasteiger partial charge on any atom is 0.273 e. The van der Waals surface area contributed by atoms with Gasteiger partial charge in [-0.3, -0.25) is 14.6 Å². The number of nitrogens with one attached hydrogen (secondary N) is 2. The summed E-state index contributed by atoms with van der Waals surface area (Å²) in [5.41, 5.74) is 2.83. The first-order chi connectivity index (χ1) is 19.1. The molecule has 0 amide bonds. The molecule has 0 atom stereocenters. The SMILES string of the molecule is COCOc1cc(O[Si](C(C)C)(C(C)C)C(C)C)ccc1-c1cc2c(=O)[nH]n(C3CC(C)(C)NC(C)(C)C3)c2nn1. The molecule has 1 aromatic carbocycles. The Morgan fingerprint density at radius 2 is 1.59 bits per heavy atom. The molecular weight excluding hydrogens is 534 g/mol. The summed E-state index contributed by atoms with van der Waals surface area (Å²) in [6, 6.07) is 7.74. The average molecular weight is 584 g/mol. The summed E-state index contributed by atoms with van der Waals surface area (Å²) in [5.74, 6) is 1.35. The van der Waals surface area contributed by atoms with Gasteiger partial charge in [0.2, 0.25) is 0 Å². The molecule has 2 N–H and O–H groups in total. The van der Waals surface area contributed by atoms with Crippen LogP contribution in [-0.2, 0) is 4.74 Å². The van der Waals surface area contributed by atoms with E-state index in [9.17, 15) is 4.79 Å². The van der Waals surface area contributed by atoms with Crippen LogP contribution >= 0.6 is 0 Å². The number of fused-ring (bicyclic) bond motifs is 1. The van der Waals surface area contributed by atoms with E-state index in [1.54, 1.807) is 13.2 Å². The van der Waals surface area contributed by atoms with Gasteiger partial charge in [-0.15, -0.1) is 10.2 Å². The molecule has 0 spiro atoms. The summed E-state index contributed by atoms with van der Waals surface area (Å²) in [5, 5.41) is 16.4. The van der Waals surface area contributed by atoms with Crippen LogP contribution in [0.15, 0.2) is 29.1 Å². The van der Waals surface area contributed by atoms with Gasteiger partial charge in [0.1, 0.15) is 11.5 Å². The van der Waals surface area contributed by atoms with Crippen molar-refractivity contribution < 1.29 is 13.9 Å². The Kier molecular flexibility index (Phi) is 8.79. The van der Waals surface area contributed by atoms with E-state index in [1.165, 1.54) is 0 Å². The minimum absolute atomic E-state index is 0.0749. The second kappa shape index (κ2) is 11.5. The van der Waals surface area contributed by atoms with E-state index in [0.29, 0.717) is 39.1 Å². The number of aromatic amines is 1. The van der Waals surface area contributed by atoms with Crippen molar-refractivity contribution in [2.45, 2.75) is 116 Å². The van der Waals surface area contributed by atoms with Crippen LogP contribution < -0.4 is 20.0 Å². The van der Waals surface area contributed by atoms with E-state index in [-0.39, 0.29) is 29.5 Å². The van der Waals surface area contributed by atoms with Gasteiger partial charge in [0, 0.05) is 29.8 Å². The van der Waals surface area contributed by atoms with Crippen LogP contribution in [-0.4, -0.2) is 53.3 Å². The molecule has 1 aliphatic heterocycles. The van der Waals surface area contributed by atoms with E-state index in [1.807, 2.05) is 22.9 Å². The lowest BCUT2D eigenvalue weighted by molar-refractivity contribution is 0.0514. The fourth-order valence-electron chi connectivity index (χ4n) is 7.38. The Morgan fingerprint density at radius 1 is 0.976 bits per heavy atom. The number of rotatable bonds is 10. The molecule has 0 bridgehead atoms. The normalized spacial score (nSPS) is 17.6. The highest BCUT2D eigenvalue weighted by Crippen LogP contribution is 2.44. The predicted molar refractivity (Wildman–Crippen MR) is 167 cm³/mol. The molecule has 1 fully saturated rings. The minimum atomic E-state index is -2.17. The molecule has 226 valence electrons. The van der Waals surface area contributed by atoms with Crippen molar-refractivity contribution in [1.29, 1.82) is 0 Å². The summed E-state index contributed by atoms with van der Waals surface area (Å²) in [6.07, 6.45) is 1.73. The number of methoxy groups -OCH3 is 1. The molecule has 3 heterocycles. The first-order valence-electron chi connectivity index (χ1n) is 14.8. The smallest absolute Gasteiger partial charge is 0.273 e. The number of benzene rings is 1. The quantitative estimate of drug-likeness (QED) is 0.200. The topological polar surface area (TPSA) is 103 Å². The van der Waals surface area contributed by atoms with Crippen LogP contribution in [0.2, 0.25) is 16.6 Å². The number of ether oxygens (including phenoxy) is 2. The summed E-state index contributed by atoms with van der Waals surface area (Å²) < 4.78 is 20.1. The van der Waals surface area contributed by atoms with Gasteiger partial charge in [-0.2, -0.15) is 0 Å². The Morgan fingerprint density at radius 3 is 2.15 bits per heavy atom. The van der Waals surface area contributed by atoms with Crippen molar-refractivity contribution >= 4 is 19.4 Å². The maximum atomic E-state index is 13.2. The van der Waals surface area contributed by atoms with Crippen LogP contribution in [0.25, 0.3) is 22.3 Å². The van der Waals surface area contributed by atoms with Crippen LogP contribution in [0.1, 0.15) is 88.1 Å². The lowest BCUT2D eigenvalue weighted by Gasteiger charge is -2.46. The van der Waals surface area contributed by atoms with Gasteiger partial charge in [0.15, 0.2) is 12.4 Å². The van der Waals surface area contributed by atoms with E-state index >= 15 is 0 Å². The molecule has 0 saturated carbocycles. The molecular formula is C31H49N5O4Si. The third-order valence-corrected chi connectivity index (χ3v) is 14.6. The zero-order valence-corrected chi connectivity index (χ0v) is 27.7. The van der Waals surface area contributed by atoms with Gasteiger partial charge in [-0.25, -0.2) is 0 Å². The van der Waals surface area contributed by atoms with Crippen molar-refractivity contribution in [3.8, 4) is 22.8 Å². The Hall–Kier alpha value is -2.69. The van der Waals surface area contributed by atoms with E-state index in [0.717, 1.165) is 24.2 Å². The standard InChI is InChI=1S/C31H49N5O4Si/c1-19(2)41(20(3)4,21(5)6)40-23-12-13-24(27(14-23)39-18-38-11)26-15-25-28(33-32-26)36(34-29(25)37)22-16-30(7,8)35-31(9,10)17-22/h12-15,19-22,35H,16-18H2,1-11H3,(H,34,37). The highest BCUT2D eigenvalue weighted by Gasteiger charge is 2.47. The van der Waals surface area contributed by atoms with Gasteiger partial charge in [0.05, 0.1) is 17.1 Å². The van der Waals surface area contributed by atoms with Gasteiger partial charge >= 0.3 is 0 Å². The second-order valence-electron chi connectivity index (χ2n) is 13.9. The number of H-pyrrole nitrogens is 1. The third kappa shape index (κ3) is 6.24. The summed E-state index contributed by atoms with van der Waals surface area (Å²) in [7, 11) is -0.576. The monoisotopic (exact) mass is 583 g/mol. The Balaban J connectivity index is 1.75. The van der Waals surface area contributed by atoms with E-state index in [2.05, 4.69) is 89.9 Å². The van der Waals surface area contributed by atoms with Crippen molar-refractivity contribution in [2.24, 2.45) is 0 Å². The highest BCUT2D eigenvalue weighted by molar-refractivity contribution is 6.78. The zero-order valence-electron chi connectivity index (χ0n) is 26.7. The fraction of sp³-hybridized carbons (Fsp3) is 0.645. The van der Waals surface area contributed by atoms with Crippen LogP contribution in [0, 0.1) is 0 Å². The minimum Gasteiger partial charge on any atom is -0.543 e. The van der Waals surface area contributed by atoms with Gasteiger partial charge in [-0.1, -0.05) is 41.5 Å². The predicted octanol–water partition coefficient (Wildman–Crippen LogP) is 6.81. The van der Waals surface area contributed by atoms with Crippen molar-refractivity contribution in [2.75, 3.05) is 13.9 Å². The lowest BCUT2D eigenvalue weighted by atomic mass is 9.79. The molecule has 1 saturated heterocycles. The van der Waals surface area contributed by atoms with Crippen molar-refractivity contribution in [3.63, 3.8) is 0 Å². The van der Waals surface area contributed by atoms with E-state index < -0.39 is 8.32 Å². The first kappa shape index (κ1) is 31.2. The molecule has 2 aromatic heterocycles. The molecule has 0 aliphatic carbocycles. The first-order valence-corrected chi connectivity index (χ1v) is 17.0. The molecule has 3 aromatic rings. The molecule has 9 nitrogen and oxygen atoms in total. The maximum absolute atomic E-state index is 13.2. The summed E-state index contributed by atoms with van der Waals surface area (Å²) in [6.45, 7) is 22.5. The largest absolute Gasteiger partial charge is 0.543 e. The average Bonchev–Trinajstić information content (AvgIpc) is 3.19. The summed E-state index contributed by atoms with van der Waals surface area (Å²) in [4.78, 5) is 13.2. The third-order valence-electron chi connectivity index (χ3n) is 8.57. The number of nitrogens with zero attached hydrogens (tertiary/aromatic N) is 3. The number of aromatic nitrogens is 4. The Bertz CT molecular complexity index is 1390. The van der Waals surface area contributed by atoms with Crippen LogP contribution in [0.4, 0.5) is 0 Å². The van der Waals surface area contributed by atoms with Crippen LogP contribution in [0.3, 0.4) is 0 Å². The highest BCUT2D eigenvalue weighted by atomic mass is 28.4. The molecule has 1 aliphatic rings. The fourth-order valence-corrected chi connectivity index (χ4v) is 12.6. The number of hydrogen-bond donors (Lipinski definition) is 2.